The molecule has 0 aliphatic heterocycles. The summed E-state index contributed by atoms with van der Waals surface area (Å²) < 4.78 is 0. The molecule has 2 aromatic carbocycles. The van der Waals surface area contributed by atoms with Crippen LogP contribution in [0.2, 0.25) is 0 Å². The molecular formula is C20H22N4O4. The maximum Gasteiger partial charge on any atom is 0.328 e. The summed E-state index contributed by atoms with van der Waals surface area (Å²) in [4.78, 5) is 49.6. The molecule has 0 aliphatic rings. The zero-order chi connectivity index (χ0) is 20.7. The van der Waals surface area contributed by atoms with Crippen molar-refractivity contribution in [1.82, 2.24) is 15.8 Å². The molecule has 0 spiro atoms. The highest BCUT2D eigenvalue weighted by Crippen LogP contribution is 2.09. The summed E-state index contributed by atoms with van der Waals surface area (Å²) >= 11 is 0. The quantitative estimate of drug-likeness (QED) is 0.550. The van der Waals surface area contributed by atoms with E-state index >= 15 is 0 Å². The first kappa shape index (κ1) is 20.6. The Morgan fingerprint density at radius 3 is 2.18 bits per heavy atom. The Morgan fingerprint density at radius 2 is 1.54 bits per heavy atom. The van der Waals surface area contributed by atoms with E-state index in [1.165, 1.54) is 17.0 Å². The number of benzene rings is 2. The Morgan fingerprint density at radius 1 is 0.893 bits per heavy atom. The molecule has 0 radical (unpaired) electrons. The van der Waals surface area contributed by atoms with Crippen molar-refractivity contribution in [2.24, 2.45) is 0 Å². The lowest BCUT2D eigenvalue weighted by Gasteiger charge is -2.15. The highest BCUT2D eigenvalue weighted by Gasteiger charge is 2.16. The molecule has 4 amide bonds. The first-order valence-corrected chi connectivity index (χ1v) is 8.65. The van der Waals surface area contributed by atoms with Crippen LogP contribution in [-0.4, -0.2) is 42.1 Å². The standard InChI is InChI=1S/C20H22N4O4/c1-4-24(3)20(28)15-7-5-6-14(12-15)17(25)22-23-19(27)18(26)21-16-10-8-13(2)9-11-16/h5-12H,4H2,1-3H3,(H,21,26)(H,22,25)(H,23,27). The van der Waals surface area contributed by atoms with E-state index in [-0.39, 0.29) is 11.5 Å². The van der Waals surface area contributed by atoms with Crippen molar-refractivity contribution in [3.63, 3.8) is 0 Å². The van der Waals surface area contributed by atoms with E-state index in [9.17, 15) is 19.2 Å². The molecule has 0 aromatic heterocycles. The second-order valence-electron chi connectivity index (χ2n) is 6.13. The second-order valence-corrected chi connectivity index (χ2v) is 6.13. The van der Waals surface area contributed by atoms with Crippen molar-refractivity contribution in [3.05, 3.63) is 65.2 Å². The summed E-state index contributed by atoms with van der Waals surface area (Å²) in [5.41, 5.74) is 6.21. The van der Waals surface area contributed by atoms with E-state index in [1.807, 2.05) is 19.3 Å². The fourth-order valence-electron chi connectivity index (χ4n) is 2.22. The number of hydrogen-bond donors (Lipinski definition) is 3. The van der Waals surface area contributed by atoms with E-state index in [0.717, 1.165) is 5.56 Å². The van der Waals surface area contributed by atoms with Gasteiger partial charge in [-0.3, -0.25) is 30.0 Å². The van der Waals surface area contributed by atoms with Gasteiger partial charge in [0.25, 0.3) is 11.8 Å². The first-order chi connectivity index (χ1) is 13.3. The lowest BCUT2D eigenvalue weighted by molar-refractivity contribution is -0.136. The van der Waals surface area contributed by atoms with Crippen molar-refractivity contribution < 1.29 is 19.2 Å². The maximum absolute atomic E-state index is 12.2. The minimum absolute atomic E-state index is 0.176. The summed E-state index contributed by atoms with van der Waals surface area (Å²) in [5.74, 6) is -2.81. The average molecular weight is 382 g/mol. The number of carbonyl (C=O) groups is 4. The second kappa shape index (κ2) is 9.31. The molecule has 8 nitrogen and oxygen atoms in total. The summed E-state index contributed by atoms with van der Waals surface area (Å²) in [7, 11) is 1.65. The van der Waals surface area contributed by atoms with Crippen LogP contribution < -0.4 is 16.2 Å². The van der Waals surface area contributed by atoms with Crippen molar-refractivity contribution in [2.45, 2.75) is 13.8 Å². The van der Waals surface area contributed by atoms with Gasteiger partial charge in [-0.25, -0.2) is 0 Å². The average Bonchev–Trinajstić information content (AvgIpc) is 2.72. The number of carbonyl (C=O) groups excluding carboxylic acids is 4. The van der Waals surface area contributed by atoms with Gasteiger partial charge >= 0.3 is 11.8 Å². The van der Waals surface area contributed by atoms with Crippen molar-refractivity contribution in [2.75, 3.05) is 18.9 Å². The molecule has 28 heavy (non-hydrogen) atoms. The molecule has 0 unspecified atom stereocenters. The highest BCUT2D eigenvalue weighted by atomic mass is 16.2. The molecule has 0 saturated carbocycles. The summed E-state index contributed by atoms with van der Waals surface area (Å²) in [6, 6.07) is 13.0. The fraction of sp³-hybridized carbons (Fsp3) is 0.200. The number of hydrogen-bond acceptors (Lipinski definition) is 4. The Kier molecular flexibility index (Phi) is 6.86. The molecule has 8 heteroatoms. The smallest absolute Gasteiger partial charge is 0.328 e. The Bertz CT molecular complexity index is 893. The number of hydrazine groups is 1. The predicted molar refractivity (Wildman–Crippen MR) is 104 cm³/mol. The minimum Gasteiger partial charge on any atom is -0.342 e. The number of amides is 4. The Labute approximate surface area is 162 Å². The molecule has 2 rings (SSSR count). The van der Waals surface area contributed by atoms with Gasteiger partial charge in [-0.15, -0.1) is 0 Å². The third-order valence-electron chi connectivity index (χ3n) is 4.00. The fourth-order valence-corrected chi connectivity index (χ4v) is 2.22. The van der Waals surface area contributed by atoms with Gasteiger partial charge in [0.15, 0.2) is 0 Å². The van der Waals surface area contributed by atoms with Gasteiger partial charge in [0.1, 0.15) is 0 Å². The zero-order valence-corrected chi connectivity index (χ0v) is 15.9. The van der Waals surface area contributed by atoms with Crippen LogP contribution in [0.4, 0.5) is 5.69 Å². The van der Waals surface area contributed by atoms with Crippen LogP contribution in [0.25, 0.3) is 0 Å². The van der Waals surface area contributed by atoms with Gasteiger partial charge in [-0.05, 0) is 44.2 Å². The van der Waals surface area contributed by atoms with E-state index in [2.05, 4.69) is 10.7 Å². The van der Waals surface area contributed by atoms with Gasteiger partial charge in [-0.1, -0.05) is 23.8 Å². The van der Waals surface area contributed by atoms with Crippen LogP contribution in [0.3, 0.4) is 0 Å². The molecule has 0 atom stereocenters. The number of nitrogens with zero attached hydrogens (tertiary/aromatic N) is 1. The molecular weight excluding hydrogens is 360 g/mol. The van der Waals surface area contributed by atoms with E-state index < -0.39 is 17.7 Å². The Balaban J connectivity index is 1.94. The summed E-state index contributed by atoms with van der Waals surface area (Å²) in [5, 5.41) is 2.42. The molecule has 146 valence electrons. The molecule has 0 saturated heterocycles. The SMILES string of the molecule is CCN(C)C(=O)c1cccc(C(=O)NNC(=O)C(=O)Nc2ccc(C)cc2)c1. The molecule has 0 heterocycles. The summed E-state index contributed by atoms with van der Waals surface area (Å²) in [6.07, 6.45) is 0. The zero-order valence-electron chi connectivity index (χ0n) is 15.9. The topological polar surface area (TPSA) is 108 Å². The molecule has 2 aromatic rings. The third-order valence-corrected chi connectivity index (χ3v) is 4.00. The van der Waals surface area contributed by atoms with Crippen LogP contribution in [-0.2, 0) is 9.59 Å². The number of anilines is 1. The van der Waals surface area contributed by atoms with E-state index in [1.54, 1.807) is 43.4 Å². The molecule has 0 fully saturated rings. The molecule has 0 aliphatic carbocycles. The van der Waals surface area contributed by atoms with Crippen LogP contribution in [0.5, 0.6) is 0 Å². The van der Waals surface area contributed by atoms with E-state index in [4.69, 9.17) is 0 Å². The molecule has 0 bridgehead atoms. The van der Waals surface area contributed by atoms with Gasteiger partial charge in [0.05, 0.1) is 0 Å². The monoisotopic (exact) mass is 382 g/mol. The van der Waals surface area contributed by atoms with Gasteiger partial charge in [0, 0.05) is 30.4 Å². The number of rotatable bonds is 4. The van der Waals surface area contributed by atoms with Gasteiger partial charge in [0.2, 0.25) is 0 Å². The van der Waals surface area contributed by atoms with Crippen LogP contribution in [0.1, 0.15) is 33.2 Å². The van der Waals surface area contributed by atoms with Crippen molar-refractivity contribution in [1.29, 1.82) is 0 Å². The number of aryl methyl sites for hydroxylation is 1. The van der Waals surface area contributed by atoms with Crippen LogP contribution in [0.15, 0.2) is 48.5 Å². The maximum atomic E-state index is 12.2. The highest BCUT2D eigenvalue weighted by molar-refractivity contribution is 6.39. The van der Waals surface area contributed by atoms with Gasteiger partial charge in [-0.2, -0.15) is 0 Å². The summed E-state index contributed by atoms with van der Waals surface area (Å²) in [6.45, 7) is 4.27. The third kappa shape index (κ3) is 5.41. The predicted octanol–water partition coefficient (Wildman–Crippen LogP) is 1.49. The molecule has 3 N–H and O–H groups in total. The lowest BCUT2D eigenvalue weighted by atomic mass is 10.1. The minimum atomic E-state index is -1.02. The Hall–Kier alpha value is -3.68. The van der Waals surface area contributed by atoms with Crippen molar-refractivity contribution >= 4 is 29.3 Å². The van der Waals surface area contributed by atoms with E-state index in [0.29, 0.717) is 17.8 Å². The van der Waals surface area contributed by atoms with Gasteiger partial charge < -0.3 is 10.2 Å². The number of nitrogens with one attached hydrogen (secondary N) is 3. The normalized spacial score (nSPS) is 9.96. The van der Waals surface area contributed by atoms with Crippen LogP contribution in [0, 0.1) is 6.92 Å². The van der Waals surface area contributed by atoms with Crippen LogP contribution >= 0.6 is 0 Å². The van der Waals surface area contributed by atoms with Crippen molar-refractivity contribution in [3.8, 4) is 0 Å². The largest absolute Gasteiger partial charge is 0.342 e. The lowest BCUT2D eigenvalue weighted by Crippen LogP contribution is -2.46. The first-order valence-electron chi connectivity index (χ1n) is 8.65.